The van der Waals surface area contributed by atoms with Crippen LogP contribution < -0.4 is 31.1 Å². The van der Waals surface area contributed by atoms with Crippen LogP contribution in [0.25, 0.3) is 0 Å². The van der Waals surface area contributed by atoms with Gasteiger partial charge in [-0.3, -0.25) is 34.8 Å². The SMILES string of the molecule is CC[C@]12CNC3NNC(c4ccccc4O)CC3N1C[C@H](Oc1ncc(CN3CCN(c4ccc5c(c4)C(=O)N([C@H]4CCC(=O)NC4=O)C5)CC3)cc1C)C2. The van der Waals surface area contributed by atoms with Crippen LogP contribution in [-0.4, -0.2) is 112 Å². The number of phenols is 1. The molecule has 5 saturated heterocycles. The lowest BCUT2D eigenvalue weighted by molar-refractivity contribution is -0.136. The van der Waals surface area contributed by atoms with Gasteiger partial charge in [0.15, 0.2) is 0 Å². The predicted molar refractivity (Wildman–Crippen MR) is 205 cm³/mol. The smallest absolute Gasteiger partial charge is 0.255 e. The van der Waals surface area contributed by atoms with Crippen molar-refractivity contribution in [3.05, 3.63) is 82.5 Å². The number of rotatable bonds is 8. The average Bonchev–Trinajstić information content (AvgIpc) is 3.73. The molecule has 14 nitrogen and oxygen atoms in total. The Balaban J connectivity index is 0.796. The minimum atomic E-state index is -0.606. The highest BCUT2D eigenvalue weighted by Gasteiger charge is 2.54. The number of nitrogens with zero attached hydrogens (tertiary/aromatic N) is 5. The minimum absolute atomic E-state index is 0.000879. The zero-order valence-electron chi connectivity index (χ0n) is 31.6. The van der Waals surface area contributed by atoms with Crippen LogP contribution in [0.4, 0.5) is 5.69 Å². The summed E-state index contributed by atoms with van der Waals surface area (Å²) in [7, 11) is 0. The van der Waals surface area contributed by atoms with Gasteiger partial charge >= 0.3 is 0 Å². The van der Waals surface area contributed by atoms with E-state index in [-0.39, 0.29) is 54.0 Å². The molecule has 55 heavy (non-hydrogen) atoms. The van der Waals surface area contributed by atoms with Gasteiger partial charge in [0.1, 0.15) is 17.9 Å². The maximum absolute atomic E-state index is 13.4. The summed E-state index contributed by atoms with van der Waals surface area (Å²) < 4.78 is 6.70. The van der Waals surface area contributed by atoms with Crippen molar-refractivity contribution in [3.63, 3.8) is 0 Å². The number of hydrogen-bond acceptors (Lipinski definition) is 12. The van der Waals surface area contributed by atoms with Crippen molar-refractivity contribution in [1.82, 2.24) is 41.2 Å². The average molecular weight is 750 g/mol. The van der Waals surface area contributed by atoms with Crippen LogP contribution >= 0.6 is 0 Å². The van der Waals surface area contributed by atoms with Crippen LogP contribution in [0, 0.1) is 6.92 Å². The van der Waals surface area contributed by atoms with Crippen LogP contribution in [0.5, 0.6) is 11.6 Å². The number of benzene rings is 2. The zero-order chi connectivity index (χ0) is 37.8. The van der Waals surface area contributed by atoms with Crippen LogP contribution in [0.1, 0.15) is 77.7 Å². The molecule has 6 aliphatic heterocycles. The second-order valence-electron chi connectivity index (χ2n) is 16.2. The van der Waals surface area contributed by atoms with Gasteiger partial charge in [-0.25, -0.2) is 15.8 Å². The van der Waals surface area contributed by atoms with E-state index in [1.807, 2.05) is 36.5 Å². The van der Waals surface area contributed by atoms with Gasteiger partial charge in [0.25, 0.3) is 5.91 Å². The molecule has 0 aliphatic carbocycles. The van der Waals surface area contributed by atoms with Gasteiger partial charge in [0.2, 0.25) is 17.7 Å². The summed E-state index contributed by atoms with van der Waals surface area (Å²) in [5.41, 5.74) is 12.6. The van der Waals surface area contributed by atoms with Crippen molar-refractivity contribution < 1.29 is 24.2 Å². The molecule has 3 aromatic rings. The van der Waals surface area contributed by atoms with Gasteiger partial charge in [-0.05, 0) is 61.6 Å². The number of hydrogen-bond donors (Lipinski definition) is 5. The van der Waals surface area contributed by atoms with Crippen molar-refractivity contribution in [3.8, 4) is 11.6 Å². The zero-order valence-corrected chi connectivity index (χ0v) is 31.6. The quantitative estimate of drug-likeness (QED) is 0.215. The van der Waals surface area contributed by atoms with E-state index in [1.54, 1.807) is 11.0 Å². The monoisotopic (exact) mass is 749 g/mol. The van der Waals surface area contributed by atoms with Gasteiger partial charge in [-0.1, -0.05) is 31.2 Å². The Kier molecular flexibility index (Phi) is 9.49. The number of aromatic hydroxyl groups is 1. The summed E-state index contributed by atoms with van der Waals surface area (Å²) in [5, 5.41) is 16.7. The Bertz CT molecular complexity index is 1990. The van der Waals surface area contributed by atoms with E-state index in [1.165, 1.54) is 0 Å². The number of fused-ring (bicyclic) bond motifs is 4. The molecule has 1 aromatic heterocycles. The largest absolute Gasteiger partial charge is 0.508 e. The summed E-state index contributed by atoms with van der Waals surface area (Å²) in [5.74, 6) is 0.211. The lowest BCUT2D eigenvalue weighted by Crippen LogP contribution is -2.74. The molecule has 9 rings (SSSR count). The molecule has 290 valence electrons. The Morgan fingerprint density at radius 2 is 1.87 bits per heavy atom. The van der Waals surface area contributed by atoms with Crippen LogP contribution in [0.15, 0.2) is 54.7 Å². The molecule has 6 atom stereocenters. The number of piperazine rings is 2. The van der Waals surface area contributed by atoms with Crippen molar-refractivity contribution in [2.24, 2.45) is 0 Å². The molecule has 0 bridgehead atoms. The van der Waals surface area contributed by atoms with E-state index in [2.05, 4.69) is 62.2 Å². The summed E-state index contributed by atoms with van der Waals surface area (Å²) in [4.78, 5) is 51.3. The maximum atomic E-state index is 13.4. The summed E-state index contributed by atoms with van der Waals surface area (Å²) in [6.45, 7) is 10.7. The molecule has 5 N–H and O–H groups in total. The lowest BCUT2D eigenvalue weighted by Gasteiger charge is -2.54. The second kappa shape index (κ2) is 14.5. The number of carbonyl (C=O) groups is 3. The number of para-hydroxylation sites is 1. The molecular weight excluding hydrogens is 699 g/mol. The number of ether oxygens (including phenoxy) is 1. The lowest BCUT2D eigenvalue weighted by atomic mass is 9.85. The van der Waals surface area contributed by atoms with Gasteiger partial charge in [0, 0.05) is 105 Å². The van der Waals surface area contributed by atoms with Crippen molar-refractivity contribution in [1.29, 1.82) is 0 Å². The van der Waals surface area contributed by atoms with E-state index in [0.29, 0.717) is 30.2 Å². The topological polar surface area (TPSA) is 155 Å². The number of anilines is 1. The fourth-order valence-electron chi connectivity index (χ4n) is 9.88. The summed E-state index contributed by atoms with van der Waals surface area (Å²) in [6, 6.07) is 15.5. The molecule has 0 spiro atoms. The second-order valence-corrected chi connectivity index (χ2v) is 16.2. The van der Waals surface area contributed by atoms with Gasteiger partial charge in [-0.2, -0.15) is 0 Å². The number of phenolic OH excluding ortho intramolecular Hbond substituents is 1. The number of aryl methyl sites for hydroxylation is 1. The Morgan fingerprint density at radius 1 is 1.04 bits per heavy atom. The first kappa shape index (κ1) is 36.1. The van der Waals surface area contributed by atoms with Crippen LogP contribution in [0.2, 0.25) is 0 Å². The van der Waals surface area contributed by atoms with Crippen molar-refractivity contribution in [2.45, 2.75) is 95.0 Å². The number of imide groups is 1. The first-order chi connectivity index (χ1) is 26.7. The van der Waals surface area contributed by atoms with Crippen LogP contribution in [0.3, 0.4) is 0 Å². The first-order valence-corrected chi connectivity index (χ1v) is 19.8. The number of nitrogens with one attached hydrogen (secondary N) is 4. The van der Waals surface area contributed by atoms with E-state index in [4.69, 9.17) is 9.72 Å². The Morgan fingerprint density at radius 3 is 2.65 bits per heavy atom. The Labute approximate surface area is 321 Å². The van der Waals surface area contributed by atoms with Gasteiger partial charge in [0.05, 0.1) is 12.2 Å². The number of pyridine rings is 1. The summed E-state index contributed by atoms with van der Waals surface area (Å²) >= 11 is 0. The molecule has 0 saturated carbocycles. The fourth-order valence-corrected chi connectivity index (χ4v) is 9.88. The van der Waals surface area contributed by atoms with E-state index in [0.717, 1.165) is 93.0 Å². The van der Waals surface area contributed by atoms with Crippen LogP contribution in [-0.2, 0) is 22.7 Å². The normalized spacial score (nSPS) is 29.9. The first-order valence-electron chi connectivity index (χ1n) is 19.8. The molecule has 3 amide bonds. The standard InChI is InChI=1S/C41H51N9O5/c1-3-41-19-29(23-50(41)34-18-32(45-46-37(34)43-24-41)30-6-4-5-7-35(30)51)55-39-25(2)16-26(20-42-39)21-47-12-14-48(15-13-47)28-9-8-27-22-49(40(54)31(27)17-28)33-10-11-36(52)44-38(33)53/h4-9,16-17,20,29,32-34,37,43,45-46,51H,3,10-15,18-19,21-24H2,1-2H3,(H,44,52,53)/t29-,32?,33+,34?,37?,41+/m1/s1. The molecule has 14 heteroatoms. The van der Waals surface area contributed by atoms with Gasteiger partial charge in [-0.15, -0.1) is 0 Å². The number of amides is 3. The molecule has 6 aliphatic rings. The molecule has 7 heterocycles. The molecule has 0 radical (unpaired) electrons. The van der Waals surface area contributed by atoms with Gasteiger partial charge < -0.3 is 19.6 Å². The minimum Gasteiger partial charge on any atom is -0.508 e. The molecule has 2 aromatic carbocycles. The maximum Gasteiger partial charge on any atom is 0.255 e. The van der Waals surface area contributed by atoms with Crippen molar-refractivity contribution >= 4 is 23.4 Å². The molecular formula is C41H51N9O5. The summed E-state index contributed by atoms with van der Waals surface area (Å²) in [6.07, 6.45) is 5.52. The molecule has 5 fully saturated rings. The number of aromatic nitrogens is 1. The Hall–Kier alpha value is -4.60. The van der Waals surface area contributed by atoms with Crippen molar-refractivity contribution in [2.75, 3.05) is 44.2 Å². The third-order valence-corrected chi connectivity index (χ3v) is 12.9. The highest BCUT2D eigenvalue weighted by Crippen LogP contribution is 2.42. The van der Waals surface area contributed by atoms with E-state index >= 15 is 0 Å². The number of piperidine rings is 1. The third-order valence-electron chi connectivity index (χ3n) is 12.9. The highest BCUT2D eigenvalue weighted by molar-refractivity contribution is 6.05. The fraction of sp³-hybridized carbons (Fsp3) is 0.512. The predicted octanol–water partition coefficient (Wildman–Crippen LogP) is 2.32. The van der Waals surface area contributed by atoms with E-state index in [9.17, 15) is 19.5 Å². The molecule has 3 unspecified atom stereocenters. The number of hydrazine groups is 1. The van der Waals surface area contributed by atoms with E-state index < -0.39 is 6.04 Å². The number of carbonyl (C=O) groups excluding carboxylic acids is 3. The third kappa shape index (κ3) is 6.73. The highest BCUT2D eigenvalue weighted by atomic mass is 16.5.